The fourth-order valence-electron chi connectivity index (χ4n) is 3.34. The summed E-state index contributed by atoms with van der Waals surface area (Å²) in [6.07, 6.45) is -5.89. The van der Waals surface area contributed by atoms with Crippen molar-refractivity contribution in [1.29, 1.82) is 0 Å². The van der Waals surface area contributed by atoms with Gasteiger partial charge in [-0.15, -0.1) is 0 Å². The number of ether oxygens (including phenoxy) is 3. The van der Waals surface area contributed by atoms with Gasteiger partial charge in [0, 0.05) is 18.7 Å². The first-order chi connectivity index (χ1) is 16.5. The Balaban J connectivity index is 1.63. The topological polar surface area (TPSA) is 94.2 Å². The Bertz CT molecular complexity index is 1070. The number of esters is 1. The summed E-state index contributed by atoms with van der Waals surface area (Å²) in [5.41, 5.74) is -0.0723. The van der Waals surface area contributed by atoms with E-state index < -0.39 is 36.3 Å². The molecule has 0 spiro atoms. The number of alkyl halides is 3. The van der Waals surface area contributed by atoms with Crippen molar-refractivity contribution >= 4 is 29.0 Å². The highest BCUT2D eigenvalue weighted by Crippen LogP contribution is 2.36. The maximum Gasteiger partial charge on any atom is 0.416 e. The third-order valence-electron chi connectivity index (χ3n) is 5.23. The average Bonchev–Trinajstić information content (AvgIpc) is 2.83. The van der Waals surface area contributed by atoms with Crippen molar-refractivity contribution in [2.24, 2.45) is 0 Å². The molecule has 1 aliphatic rings. The number of nitrogens with zero attached hydrogens (tertiary/aromatic N) is 1. The second kappa shape index (κ2) is 11.2. The van der Waals surface area contributed by atoms with Gasteiger partial charge in [0.1, 0.15) is 5.75 Å². The van der Waals surface area contributed by atoms with Gasteiger partial charge in [-0.25, -0.2) is 4.79 Å². The molecule has 188 valence electrons. The molecule has 3 rings (SSSR count). The van der Waals surface area contributed by atoms with Gasteiger partial charge in [-0.05, 0) is 56.3 Å². The zero-order valence-corrected chi connectivity index (χ0v) is 19.2. The van der Waals surface area contributed by atoms with E-state index in [1.807, 2.05) is 0 Å². The predicted molar refractivity (Wildman–Crippen MR) is 121 cm³/mol. The molecule has 8 nitrogen and oxygen atoms in total. The van der Waals surface area contributed by atoms with Crippen LogP contribution >= 0.6 is 0 Å². The molecule has 2 aromatic carbocycles. The van der Waals surface area contributed by atoms with Gasteiger partial charge in [0.2, 0.25) is 0 Å². The lowest BCUT2D eigenvalue weighted by atomic mass is 10.1. The summed E-state index contributed by atoms with van der Waals surface area (Å²) in [4.78, 5) is 37.8. The third-order valence-corrected chi connectivity index (χ3v) is 5.23. The number of morpholine rings is 1. The van der Waals surface area contributed by atoms with Crippen molar-refractivity contribution in [2.45, 2.75) is 26.1 Å². The van der Waals surface area contributed by atoms with E-state index in [1.165, 1.54) is 32.0 Å². The van der Waals surface area contributed by atoms with Gasteiger partial charge < -0.3 is 24.4 Å². The quantitative estimate of drug-likeness (QED) is 0.442. The number of hydrogen-bond donors (Lipinski definition) is 1. The number of anilines is 2. The smallest absolute Gasteiger partial charge is 0.416 e. The summed E-state index contributed by atoms with van der Waals surface area (Å²) in [6, 6.07) is 9.21. The lowest BCUT2D eigenvalue weighted by molar-refractivity contribution is -0.155. The lowest BCUT2D eigenvalue weighted by Gasteiger charge is -2.31. The largest absolute Gasteiger partial charge is 0.482 e. The fraction of sp³-hybridized carbons (Fsp3) is 0.375. The minimum Gasteiger partial charge on any atom is -0.482 e. The molecule has 2 aromatic rings. The Morgan fingerprint density at radius 2 is 1.74 bits per heavy atom. The Hall–Kier alpha value is -3.60. The first kappa shape index (κ1) is 26.0. The molecule has 1 unspecified atom stereocenters. The number of rotatable bonds is 8. The molecule has 35 heavy (non-hydrogen) atoms. The third kappa shape index (κ3) is 7.19. The van der Waals surface area contributed by atoms with Gasteiger partial charge >= 0.3 is 12.1 Å². The Morgan fingerprint density at radius 3 is 2.34 bits per heavy atom. The molecule has 0 aliphatic carbocycles. The number of Topliss-reactive ketones (excluding diaryl/α,β-unsaturated/α-hetero) is 1. The predicted octanol–water partition coefficient (Wildman–Crippen LogP) is 3.69. The Morgan fingerprint density at radius 1 is 1.09 bits per heavy atom. The maximum atomic E-state index is 13.2. The van der Waals surface area contributed by atoms with Crippen LogP contribution in [0.3, 0.4) is 0 Å². The summed E-state index contributed by atoms with van der Waals surface area (Å²) in [7, 11) is 0. The first-order valence-electron chi connectivity index (χ1n) is 10.8. The maximum absolute atomic E-state index is 13.2. The van der Waals surface area contributed by atoms with Crippen molar-refractivity contribution in [3.05, 3.63) is 53.6 Å². The number of carbonyl (C=O) groups is 3. The molecule has 1 heterocycles. The molecule has 1 saturated heterocycles. The molecule has 0 bridgehead atoms. The summed E-state index contributed by atoms with van der Waals surface area (Å²) < 4.78 is 55.4. The van der Waals surface area contributed by atoms with Gasteiger partial charge in [0.25, 0.3) is 5.91 Å². The van der Waals surface area contributed by atoms with E-state index in [2.05, 4.69) is 5.32 Å². The van der Waals surface area contributed by atoms with Crippen molar-refractivity contribution in [3.63, 3.8) is 0 Å². The van der Waals surface area contributed by atoms with E-state index in [-0.39, 0.29) is 11.5 Å². The van der Waals surface area contributed by atoms with Crippen LogP contribution < -0.4 is 15.0 Å². The normalized spacial score (nSPS) is 14.7. The molecule has 11 heteroatoms. The molecule has 1 amide bonds. The van der Waals surface area contributed by atoms with E-state index in [0.717, 1.165) is 12.1 Å². The number of halogens is 3. The summed E-state index contributed by atoms with van der Waals surface area (Å²) in [5, 5.41) is 2.44. The van der Waals surface area contributed by atoms with Crippen LogP contribution in [0.4, 0.5) is 24.5 Å². The van der Waals surface area contributed by atoms with Crippen LogP contribution in [-0.4, -0.2) is 56.7 Å². The molecule has 1 atom stereocenters. The van der Waals surface area contributed by atoms with E-state index in [0.29, 0.717) is 43.3 Å². The second-order valence-corrected chi connectivity index (χ2v) is 7.82. The highest BCUT2D eigenvalue weighted by molar-refractivity contribution is 5.98. The van der Waals surface area contributed by atoms with E-state index in [1.54, 1.807) is 17.0 Å². The number of benzene rings is 2. The summed E-state index contributed by atoms with van der Waals surface area (Å²) >= 11 is 0. The van der Waals surface area contributed by atoms with Gasteiger partial charge in [-0.1, -0.05) is 0 Å². The number of ketones is 1. The van der Waals surface area contributed by atoms with Gasteiger partial charge in [0.05, 0.1) is 30.2 Å². The van der Waals surface area contributed by atoms with Crippen molar-refractivity contribution < 1.29 is 41.8 Å². The van der Waals surface area contributed by atoms with Crippen LogP contribution in [0.15, 0.2) is 42.5 Å². The second-order valence-electron chi connectivity index (χ2n) is 7.82. The highest BCUT2D eigenvalue weighted by Gasteiger charge is 2.32. The molecule has 1 N–H and O–H groups in total. The molecule has 0 saturated carbocycles. The van der Waals surface area contributed by atoms with Gasteiger partial charge in [-0.3, -0.25) is 9.59 Å². The number of hydrogen-bond acceptors (Lipinski definition) is 7. The summed E-state index contributed by atoms with van der Waals surface area (Å²) in [6.45, 7) is 3.92. The Kier molecular flexibility index (Phi) is 8.34. The van der Waals surface area contributed by atoms with Gasteiger partial charge in [-0.2, -0.15) is 13.2 Å². The monoisotopic (exact) mass is 494 g/mol. The molecule has 0 radical (unpaired) electrons. The molecule has 0 aromatic heterocycles. The van der Waals surface area contributed by atoms with E-state index >= 15 is 0 Å². The number of nitrogens with one attached hydrogen (secondary N) is 1. The average molecular weight is 494 g/mol. The van der Waals surface area contributed by atoms with Crippen molar-refractivity contribution in [1.82, 2.24) is 0 Å². The van der Waals surface area contributed by atoms with Crippen molar-refractivity contribution in [3.8, 4) is 5.75 Å². The van der Waals surface area contributed by atoms with Crippen LogP contribution in [0.2, 0.25) is 0 Å². The highest BCUT2D eigenvalue weighted by atomic mass is 19.4. The van der Waals surface area contributed by atoms with Crippen LogP contribution in [0.1, 0.15) is 29.8 Å². The minimum atomic E-state index is -4.60. The van der Waals surface area contributed by atoms with Crippen LogP contribution in [0.25, 0.3) is 0 Å². The lowest BCUT2D eigenvalue weighted by Crippen LogP contribution is -2.37. The van der Waals surface area contributed by atoms with Crippen molar-refractivity contribution in [2.75, 3.05) is 43.1 Å². The van der Waals surface area contributed by atoms with Crippen LogP contribution in [0.5, 0.6) is 5.75 Å². The zero-order valence-electron chi connectivity index (χ0n) is 19.2. The molecular formula is C24H25F3N2O6. The fourth-order valence-corrected chi connectivity index (χ4v) is 3.34. The standard InChI is InChI=1S/C24H25F3N2O6/c1-15(30)17-3-6-19(7-4-17)34-14-22(31)35-16(2)23(32)28-20-13-18(24(25,26)27)5-8-21(20)29-9-11-33-12-10-29/h3-8,13,16H,9-12,14H2,1-2H3,(H,28,32). The zero-order chi connectivity index (χ0) is 25.6. The molecular weight excluding hydrogens is 469 g/mol. The van der Waals surface area contributed by atoms with Crippen LogP contribution in [0, 0.1) is 0 Å². The first-order valence-corrected chi connectivity index (χ1v) is 10.8. The minimum absolute atomic E-state index is 0.0450. The Labute approximate surface area is 199 Å². The summed E-state index contributed by atoms with van der Waals surface area (Å²) in [5.74, 6) is -1.43. The van der Waals surface area contributed by atoms with Crippen LogP contribution in [-0.2, 0) is 25.2 Å². The van der Waals surface area contributed by atoms with Gasteiger partial charge in [0.15, 0.2) is 18.5 Å². The number of carbonyl (C=O) groups excluding carboxylic acids is 3. The number of amides is 1. The van der Waals surface area contributed by atoms with E-state index in [4.69, 9.17) is 14.2 Å². The molecule has 1 aliphatic heterocycles. The SMILES string of the molecule is CC(=O)c1ccc(OCC(=O)OC(C)C(=O)Nc2cc(C(F)(F)F)ccc2N2CCOCC2)cc1. The van der Waals surface area contributed by atoms with E-state index in [9.17, 15) is 27.6 Å². The molecule has 1 fully saturated rings.